The Bertz CT molecular complexity index is 912. The van der Waals surface area contributed by atoms with E-state index >= 15 is 0 Å². The molecule has 8 heteroatoms. The molecule has 0 unspecified atom stereocenters. The summed E-state index contributed by atoms with van der Waals surface area (Å²) in [7, 11) is 3.99. The highest BCUT2D eigenvalue weighted by Gasteiger charge is 2.15. The number of aromatic nitrogens is 2. The Morgan fingerprint density at radius 3 is 2.47 bits per heavy atom. The van der Waals surface area contributed by atoms with Gasteiger partial charge in [-0.3, -0.25) is 0 Å². The second-order valence-electron chi connectivity index (χ2n) is 6.88. The monoisotopic (exact) mass is 430 g/mol. The molecule has 160 valence electrons. The molecule has 1 heterocycles. The van der Waals surface area contributed by atoms with Gasteiger partial charge in [0.25, 0.3) is 0 Å². The first kappa shape index (κ1) is 23.3. The van der Waals surface area contributed by atoms with E-state index < -0.39 is 5.97 Å². The van der Waals surface area contributed by atoms with E-state index in [1.165, 1.54) is 10.7 Å². The lowest BCUT2D eigenvalue weighted by Crippen LogP contribution is -2.15. The summed E-state index contributed by atoms with van der Waals surface area (Å²) in [6.45, 7) is 1.83. The van der Waals surface area contributed by atoms with Gasteiger partial charge in [0.2, 0.25) is 5.88 Å². The number of rotatable bonds is 8. The zero-order chi connectivity index (χ0) is 21.9. The van der Waals surface area contributed by atoms with E-state index in [-0.39, 0.29) is 5.69 Å². The number of nitrogens with two attached hydrogens (primary N) is 1. The molecule has 0 bridgehead atoms. The van der Waals surface area contributed by atoms with Crippen LogP contribution in [0.15, 0.2) is 60.7 Å². The lowest BCUT2D eigenvalue weighted by atomic mass is 10.2. The average Bonchev–Trinajstić information content (AvgIpc) is 3.09. The van der Waals surface area contributed by atoms with Crippen molar-refractivity contribution >= 4 is 23.3 Å². The number of ether oxygens (including phenoxy) is 1. The number of aromatic carboxylic acids is 1. The third-order valence-corrected chi connectivity index (χ3v) is 4.24. The van der Waals surface area contributed by atoms with Crippen LogP contribution in [0.3, 0.4) is 0 Å². The van der Waals surface area contributed by atoms with Crippen molar-refractivity contribution in [3.8, 4) is 5.88 Å². The topological polar surface area (TPSA) is 93.6 Å². The van der Waals surface area contributed by atoms with Crippen LogP contribution in [0.4, 0.5) is 5.69 Å². The number of carboxylic acids is 1. The number of hydrogen-bond donors (Lipinski definition) is 2. The Hall–Kier alpha value is -3.03. The summed E-state index contributed by atoms with van der Waals surface area (Å²) in [5, 5.41) is 14.2. The van der Waals surface area contributed by atoms with E-state index in [1.807, 2.05) is 50.5 Å². The lowest BCUT2D eigenvalue weighted by molar-refractivity contribution is 0.0684. The maximum Gasteiger partial charge on any atom is 0.354 e. The summed E-state index contributed by atoms with van der Waals surface area (Å²) in [6.07, 6.45) is 0.862. The van der Waals surface area contributed by atoms with E-state index in [0.717, 1.165) is 18.5 Å². The van der Waals surface area contributed by atoms with Gasteiger partial charge in [-0.25, -0.2) is 9.48 Å². The molecule has 3 aromatic rings. The van der Waals surface area contributed by atoms with Crippen molar-refractivity contribution in [2.75, 3.05) is 33.0 Å². The van der Waals surface area contributed by atoms with Crippen LogP contribution >= 0.6 is 11.6 Å². The molecule has 2 aromatic carbocycles. The molecule has 0 radical (unpaired) electrons. The number of halogens is 1. The first-order chi connectivity index (χ1) is 14.3. The van der Waals surface area contributed by atoms with Crippen molar-refractivity contribution in [2.45, 2.75) is 13.0 Å². The van der Waals surface area contributed by atoms with Crippen LogP contribution in [0, 0.1) is 0 Å². The van der Waals surface area contributed by atoms with Gasteiger partial charge in [0.15, 0.2) is 5.69 Å². The van der Waals surface area contributed by atoms with Crippen LogP contribution in [0.2, 0.25) is 5.02 Å². The van der Waals surface area contributed by atoms with E-state index in [9.17, 15) is 9.90 Å². The van der Waals surface area contributed by atoms with Crippen LogP contribution in [0.5, 0.6) is 5.88 Å². The van der Waals surface area contributed by atoms with E-state index in [4.69, 9.17) is 22.1 Å². The first-order valence-corrected chi connectivity index (χ1v) is 9.86. The van der Waals surface area contributed by atoms with Gasteiger partial charge in [0.1, 0.15) is 0 Å². The van der Waals surface area contributed by atoms with Crippen LogP contribution in [0.1, 0.15) is 22.5 Å². The predicted octanol–water partition coefficient (Wildman–Crippen LogP) is 3.88. The molecule has 0 saturated carbocycles. The minimum atomic E-state index is -1.01. The molecule has 30 heavy (non-hydrogen) atoms. The van der Waals surface area contributed by atoms with Gasteiger partial charge in [0, 0.05) is 23.3 Å². The summed E-state index contributed by atoms with van der Waals surface area (Å²) < 4.78 is 7.00. The van der Waals surface area contributed by atoms with Crippen molar-refractivity contribution in [1.82, 2.24) is 14.7 Å². The summed E-state index contributed by atoms with van der Waals surface area (Å²) in [4.78, 5) is 13.4. The first-order valence-electron chi connectivity index (χ1n) is 9.49. The zero-order valence-electron chi connectivity index (χ0n) is 17.2. The fraction of sp³-hybridized carbons (Fsp3) is 0.273. The number of carbonyl (C=O) groups is 1. The van der Waals surface area contributed by atoms with Crippen LogP contribution in [-0.4, -0.2) is 53.0 Å². The van der Waals surface area contributed by atoms with Crippen molar-refractivity contribution in [3.05, 3.63) is 76.9 Å². The highest BCUT2D eigenvalue weighted by Crippen LogP contribution is 2.15. The second kappa shape index (κ2) is 11.8. The molecular weight excluding hydrogens is 404 g/mol. The summed E-state index contributed by atoms with van der Waals surface area (Å²) in [5.41, 5.74) is 7.20. The van der Waals surface area contributed by atoms with Crippen molar-refractivity contribution < 1.29 is 14.6 Å². The van der Waals surface area contributed by atoms with Crippen molar-refractivity contribution in [2.24, 2.45) is 0 Å². The van der Waals surface area contributed by atoms with Crippen molar-refractivity contribution in [3.63, 3.8) is 0 Å². The molecule has 0 aliphatic heterocycles. The zero-order valence-corrected chi connectivity index (χ0v) is 17.9. The molecule has 3 rings (SSSR count). The van der Waals surface area contributed by atoms with Gasteiger partial charge in [-0.05, 0) is 44.3 Å². The molecule has 0 spiro atoms. The van der Waals surface area contributed by atoms with Gasteiger partial charge in [-0.2, -0.15) is 0 Å². The Kier molecular flexibility index (Phi) is 9.18. The maximum absolute atomic E-state index is 11.3. The number of nitrogen functional groups attached to an aromatic ring is 1. The fourth-order valence-corrected chi connectivity index (χ4v) is 2.78. The third-order valence-electron chi connectivity index (χ3n) is 4.00. The minimum absolute atomic E-state index is 0.131. The standard InChI is InChI=1S/C16H21N3O3.C6H6ClN/c1-18(2)9-6-10-22-15-11-14(16(20)21)19(17-15)12-13-7-4-3-5-8-13;7-5-2-1-3-6(8)4-5/h3-5,7-8,11H,6,9-10,12H2,1-2H3,(H,20,21);1-4H,8H2. The van der Waals surface area contributed by atoms with Crippen LogP contribution in [0.25, 0.3) is 0 Å². The Morgan fingerprint density at radius 1 is 1.17 bits per heavy atom. The lowest BCUT2D eigenvalue weighted by Gasteiger charge is -2.08. The number of carboxylic acid groups (broad SMARTS) is 1. The Labute approximate surface area is 181 Å². The number of hydrogen-bond acceptors (Lipinski definition) is 5. The molecule has 7 nitrogen and oxygen atoms in total. The highest BCUT2D eigenvalue weighted by molar-refractivity contribution is 6.30. The largest absolute Gasteiger partial charge is 0.477 e. The molecule has 0 fully saturated rings. The molecule has 0 atom stereocenters. The minimum Gasteiger partial charge on any atom is -0.477 e. The molecule has 0 amide bonds. The number of anilines is 1. The van der Waals surface area contributed by atoms with E-state index in [1.54, 1.807) is 18.2 Å². The summed E-state index contributed by atoms with van der Waals surface area (Å²) >= 11 is 5.56. The van der Waals surface area contributed by atoms with Gasteiger partial charge >= 0.3 is 5.97 Å². The number of benzene rings is 2. The third kappa shape index (κ3) is 8.14. The van der Waals surface area contributed by atoms with Gasteiger partial charge in [-0.15, -0.1) is 5.10 Å². The van der Waals surface area contributed by atoms with Crippen molar-refractivity contribution in [1.29, 1.82) is 0 Å². The molecule has 0 aliphatic rings. The molecular formula is C22H27ClN4O3. The molecule has 0 saturated heterocycles. The number of nitrogens with zero attached hydrogens (tertiary/aromatic N) is 3. The Balaban J connectivity index is 0.000000335. The Morgan fingerprint density at radius 2 is 1.90 bits per heavy atom. The van der Waals surface area contributed by atoms with Gasteiger partial charge < -0.3 is 20.5 Å². The average molecular weight is 431 g/mol. The maximum atomic E-state index is 11.3. The SMILES string of the molecule is CN(C)CCCOc1cc(C(=O)O)n(Cc2ccccc2)n1.Nc1cccc(Cl)c1. The highest BCUT2D eigenvalue weighted by atomic mass is 35.5. The molecule has 1 aromatic heterocycles. The van der Waals surface area contributed by atoms with Crippen LogP contribution < -0.4 is 10.5 Å². The summed E-state index contributed by atoms with van der Waals surface area (Å²) in [5.74, 6) is -0.654. The van der Waals surface area contributed by atoms with Gasteiger partial charge in [-0.1, -0.05) is 48.0 Å². The second-order valence-corrected chi connectivity index (χ2v) is 7.31. The molecule has 3 N–H and O–H groups in total. The normalized spacial score (nSPS) is 10.4. The summed E-state index contributed by atoms with van der Waals surface area (Å²) in [6, 6.07) is 18.2. The van der Waals surface area contributed by atoms with Gasteiger partial charge in [0.05, 0.1) is 13.2 Å². The van der Waals surface area contributed by atoms with E-state index in [0.29, 0.717) is 29.7 Å². The quantitative estimate of drug-likeness (QED) is 0.416. The predicted molar refractivity (Wildman–Crippen MR) is 119 cm³/mol. The smallest absolute Gasteiger partial charge is 0.354 e. The van der Waals surface area contributed by atoms with E-state index in [2.05, 4.69) is 10.00 Å². The van der Waals surface area contributed by atoms with Crippen LogP contribution in [-0.2, 0) is 6.54 Å². The molecule has 0 aliphatic carbocycles. The fourth-order valence-electron chi connectivity index (χ4n) is 2.58.